The molecule has 1 aromatic heterocycles. The van der Waals surface area contributed by atoms with Crippen LogP contribution in [0.1, 0.15) is 28.8 Å². The number of nitrogens with one attached hydrogen (secondary N) is 1. The fraction of sp³-hybridized carbons (Fsp3) is 0.333. The molecule has 1 amide bonds. The van der Waals surface area contributed by atoms with Gasteiger partial charge in [0.2, 0.25) is 5.43 Å². The van der Waals surface area contributed by atoms with Crippen LogP contribution in [0.15, 0.2) is 29.2 Å². The van der Waals surface area contributed by atoms with Gasteiger partial charge in [0, 0.05) is 24.7 Å². The summed E-state index contributed by atoms with van der Waals surface area (Å²) in [5.74, 6) is -0.151. The van der Waals surface area contributed by atoms with Crippen LogP contribution in [0.4, 0.5) is 0 Å². The summed E-state index contributed by atoms with van der Waals surface area (Å²) in [7, 11) is 0. The lowest BCUT2D eigenvalue weighted by Crippen LogP contribution is -2.31. The van der Waals surface area contributed by atoms with Crippen molar-refractivity contribution in [3.8, 4) is 0 Å². The van der Waals surface area contributed by atoms with Crippen LogP contribution in [-0.2, 0) is 0 Å². The molecular weight excluding hydrogens is 240 g/mol. The number of likely N-dealkylation sites (tertiary alicyclic amines) is 1. The number of aromatic nitrogens is 1. The third kappa shape index (κ3) is 1.93. The minimum absolute atomic E-state index is 0.151. The molecule has 19 heavy (non-hydrogen) atoms. The van der Waals surface area contributed by atoms with Crippen LogP contribution in [-0.4, -0.2) is 28.9 Å². The van der Waals surface area contributed by atoms with E-state index in [0.29, 0.717) is 5.39 Å². The number of H-pyrrole nitrogens is 1. The average Bonchev–Trinajstić information content (AvgIpc) is 2.93. The van der Waals surface area contributed by atoms with E-state index in [0.717, 1.165) is 37.0 Å². The zero-order valence-electron chi connectivity index (χ0n) is 10.9. The van der Waals surface area contributed by atoms with E-state index in [9.17, 15) is 9.59 Å². The number of aryl methyl sites for hydroxylation is 1. The zero-order valence-corrected chi connectivity index (χ0v) is 10.9. The smallest absolute Gasteiger partial charge is 0.259 e. The number of nitrogens with zero attached hydrogens (tertiary/aromatic N) is 1. The number of fused-ring (bicyclic) bond motifs is 1. The molecule has 0 aliphatic carbocycles. The molecule has 4 nitrogen and oxygen atoms in total. The Balaban J connectivity index is 2.13. The first-order valence-electron chi connectivity index (χ1n) is 6.59. The van der Waals surface area contributed by atoms with Gasteiger partial charge in [0.1, 0.15) is 5.56 Å². The molecule has 0 unspecified atom stereocenters. The van der Waals surface area contributed by atoms with E-state index < -0.39 is 0 Å². The van der Waals surface area contributed by atoms with E-state index in [2.05, 4.69) is 4.98 Å². The lowest BCUT2D eigenvalue weighted by Gasteiger charge is -2.15. The normalized spacial score (nSPS) is 15.1. The number of amides is 1. The quantitative estimate of drug-likeness (QED) is 0.849. The van der Waals surface area contributed by atoms with E-state index in [1.165, 1.54) is 0 Å². The van der Waals surface area contributed by atoms with Crippen molar-refractivity contribution in [3.05, 3.63) is 45.7 Å². The highest BCUT2D eigenvalue weighted by molar-refractivity contribution is 5.97. The molecule has 1 aliphatic rings. The molecule has 0 saturated carbocycles. The Hall–Kier alpha value is -2.10. The Morgan fingerprint density at radius 2 is 2.00 bits per heavy atom. The highest BCUT2D eigenvalue weighted by Crippen LogP contribution is 2.15. The van der Waals surface area contributed by atoms with Crippen LogP contribution in [0.5, 0.6) is 0 Å². The molecule has 3 rings (SSSR count). The summed E-state index contributed by atoms with van der Waals surface area (Å²) >= 11 is 0. The average molecular weight is 256 g/mol. The SMILES string of the molecule is Cc1cccc2c(=O)c(C(=O)N3CCCC3)c[nH]c12. The van der Waals surface area contributed by atoms with E-state index in [1.807, 2.05) is 19.1 Å². The number of hydrogen-bond donors (Lipinski definition) is 1. The van der Waals surface area contributed by atoms with E-state index in [-0.39, 0.29) is 16.9 Å². The summed E-state index contributed by atoms with van der Waals surface area (Å²) in [5.41, 5.74) is 1.90. The minimum atomic E-state index is -0.172. The summed E-state index contributed by atoms with van der Waals surface area (Å²) in [6, 6.07) is 5.55. The predicted molar refractivity (Wildman–Crippen MR) is 74.4 cm³/mol. The van der Waals surface area contributed by atoms with Crippen molar-refractivity contribution in [1.29, 1.82) is 0 Å². The second-order valence-electron chi connectivity index (χ2n) is 5.03. The van der Waals surface area contributed by atoms with E-state index in [1.54, 1.807) is 17.2 Å². The standard InChI is InChI=1S/C15H16N2O2/c1-10-5-4-6-11-13(10)16-9-12(14(11)18)15(19)17-7-2-3-8-17/h4-6,9H,2-3,7-8H2,1H3,(H,16,18). The van der Waals surface area contributed by atoms with Crippen molar-refractivity contribution in [1.82, 2.24) is 9.88 Å². The number of benzene rings is 1. The van der Waals surface area contributed by atoms with Gasteiger partial charge in [-0.15, -0.1) is 0 Å². The number of aromatic amines is 1. The lowest BCUT2D eigenvalue weighted by atomic mass is 10.1. The Morgan fingerprint density at radius 3 is 2.74 bits per heavy atom. The summed E-state index contributed by atoms with van der Waals surface area (Å²) in [5, 5.41) is 0.588. The van der Waals surface area contributed by atoms with Gasteiger partial charge in [-0.2, -0.15) is 0 Å². The second kappa shape index (κ2) is 4.53. The number of hydrogen-bond acceptors (Lipinski definition) is 2. The first kappa shape index (κ1) is 12.0. The van der Waals surface area contributed by atoms with Crippen LogP contribution >= 0.6 is 0 Å². The van der Waals surface area contributed by atoms with Gasteiger partial charge in [-0.1, -0.05) is 12.1 Å². The van der Waals surface area contributed by atoms with Gasteiger partial charge in [-0.05, 0) is 31.4 Å². The van der Waals surface area contributed by atoms with Gasteiger partial charge in [0.05, 0.1) is 5.52 Å². The molecule has 1 N–H and O–H groups in total. The van der Waals surface area contributed by atoms with E-state index in [4.69, 9.17) is 0 Å². The number of para-hydroxylation sites is 1. The molecule has 0 radical (unpaired) electrons. The van der Waals surface area contributed by atoms with Gasteiger partial charge in [0.25, 0.3) is 5.91 Å². The number of carbonyl (C=O) groups excluding carboxylic acids is 1. The maximum atomic E-state index is 12.4. The molecule has 4 heteroatoms. The maximum Gasteiger partial charge on any atom is 0.259 e. The van der Waals surface area contributed by atoms with Crippen LogP contribution in [0.3, 0.4) is 0 Å². The summed E-state index contributed by atoms with van der Waals surface area (Å²) in [4.78, 5) is 29.6. The van der Waals surface area contributed by atoms with Crippen molar-refractivity contribution >= 4 is 16.8 Å². The Labute approximate surface area is 111 Å². The van der Waals surface area contributed by atoms with Crippen molar-refractivity contribution in [2.24, 2.45) is 0 Å². The molecule has 98 valence electrons. The van der Waals surface area contributed by atoms with Crippen LogP contribution in [0.25, 0.3) is 10.9 Å². The fourth-order valence-electron chi connectivity index (χ4n) is 2.65. The molecular formula is C15H16N2O2. The fourth-order valence-corrected chi connectivity index (χ4v) is 2.65. The monoisotopic (exact) mass is 256 g/mol. The molecule has 0 spiro atoms. The van der Waals surface area contributed by atoms with Crippen molar-refractivity contribution < 1.29 is 4.79 Å². The largest absolute Gasteiger partial charge is 0.360 e. The molecule has 0 atom stereocenters. The van der Waals surface area contributed by atoms with Gasteiger partial charge < -0.3 is 9.88 Å². The van der Waals surface area contributed by atoms with Crippen LogP contribution in [0.2, 0.25) is 0 Å². The third-order valence-electron chi connectivity index (χ3n) is 3.75. The molecule has 1 aromatic carbocycles. The molecule has 2 aromatic rings. The molecule has 1 saturated heterocycles. The van der Waals surface area contributed by atoms with E-state index >= 15 is 0 Å². The Morgan fingerprint density at radius 1 is 1.26 bits per heavy atom. The van der Waals surface area contributed by atoms with Crippen molar-refractivity contribution in [3.63, 3.8) is 0 Å². The first-order valence-corrected chi connectivity index (χ1v) is 6.59. The van der Waals surface area contributed by atoms with Gasteiger partial charge in [-0.25, -0.2) is 0 Å². The van der Waals surface area contributed by atoms with Crippen LogP contribution < -0.4 is 5.43 Å². The van der Waals surface area contributed by atoms with Crippen LogP contribution in [0, 0.1) is 6.92 Å². The summed E-state index contributed by atoms with van der Waals surface area (Å²) in [6.45, 7) is 3.45. The maximum absolute atomic E-state index is 12.4. The molecule has 2 heterocycles. The number of carbonyl (C=O) groups is 1. The third-order valence-corrected chi connectivity index (χ3v) is 3.75. The predicted octanol–water partition coefficient (Wildman–Crippen LogP) is 2.07. The van der Waals surface area contributed by atoms with Gasteiger partial charge in [0.15, 0.2) is 0 Å². The second-order valence-corrected chi connectivity index (χ2v) is 5.03. The van der Waals surface area contributed by atoms with Crippen molar-refractivity contribution in [2.75, 3.05) is 13.1 Å². The lowest BCUT2D eigenvalue weighted by molar-refractivity contribution is 0.0791. The number of rotatable bonds is 1. The summed E-state index contributed by atoms with van der Waals surface area (Å²) in [6.07, 6.45) is 3.60. The highest BCUT2D eigenvalue weighted by atomic mass is 16.2. The topological polar surface area (TPSA) is 53.2 Å². The van der Waals surface area contributed by atoms with Gasteiger partial charge >= 0.3 is 0 Å². The summed E-state index contributed by atoms with van der Waals surface area (Å²) < 4.78 is 0. The first-order chi connectivity index (χ1) is 9.18. The highest BCUT2D eigenvalue weighted by Gasteiger charge is 2.22. The van der Waals surface area contributed by atoms with Gasteiger partial charge in [-0.3, -0.25) is 9.59 Å². The minimum Gasteiger partial charge on any atom is -0.360 e. The Kier molecular flexibility index (Phi) is 2.85. The molecule has 1 fully saturated rings. The Bertz CT molecular complexity index is 697. The number of pyridine rings is 1. The van der Waals surface area contributed by atoms with Crippen molar-refractivity contribution in [2.45, 2.75) is 19.8 Å². The molecule has 0 bridgehead atoms. The zero-order chi connectivity index (χ0) is 13.4. The molecule has 1 aliphatic heterocycles.